The normalized spacial score (nSPS) is 12.2. The number of benzene rings is 3. The number of H-pyrrole nitrogens is 1. The number of amidine groups is 1. The number of rotatable bonds is 12. The van der Waals surface area contributed by atoms with Crippen molar-refractivity contribution in [2.75, 3.05) is 26.0 Å². The zero-order valence-electron chi connectivity index (χ0n) is 24.1. The average molecular weight is 588 g/mol. The number of nitrogens with one attached hydrogen (secondary N) is 3. The van der Waals surface area contributed by atoms with E-state index in [4.69, 9.17) is 20.6 Å². The van der Waals surface area contributed by atoms with Gasteiger partial charge in [0.25, 0.3) is 5.91 Å². The molecule has 4 rings (SSSR count). The summed E-state index contributed by atoms with van der Waals surface area (Å²) in [6.07, 6.45) is -0.768. The smallest absolute Gasteiger partial charge is 0.348 e. The van der Waals surface area contributed by atoms with E-state index in [0.29, 0.717) is 34.9 Å². The second kappa shape index (κ2) is 12.9. The Morgan fingerprint density at radius 1 is 1.12 bits per heavy atom. The van der Waals surface area contributed by atoms with E-state index < -0.39 is 23.8 Å². The molecule has 224 valence electrons. The van der Waals surface area contributed by atoms with Crippen molar-refractivity contribution >= 4 is 23.4 Å². The summed E-state index contributed by atoms with van der Waals surface area (Å²) in [6.45, 7) is 3.78. The van der Waals surface area contributed by atoms with Gasteiger partial charge in [-0.1, -0.05) is 18.2 Å². The minimum Gasteiger partial charge on any atom is -0.490 e. The van der Waals surface area contributed by atoms with Crippen molar-refractivity contribution in [1.82, 2.24) is 19.7 Å². The van der Waals surface area contributed by atoms with Gasteiger partial charge in [0, 0.05) is 25.3 Å². The first-order chi connectivity index (χ1) is 20.5. The number of para-hydroxylation sites is 1. The van der Waals surface area contributed by atoms with Crippen LogP contribution in [0.15, 0.2) is 71.5 Å². The van der Waals surface area contributed by atoms with E-state index in [1.807, 2.05) is 6.92 Å². The molecule has 3 aromatic carbocycles. The molecule has 1 amide bonds. The molecule has 2 atom stereocenters. The van der Waals surface area contributed by atoms with Crippen molar-refractivity contribution in [3.8, 4) is 17.2 Å². The molecular formula is C30H33N7O6. The number of carboxylic acid groups (broad SMARTS) is 1. The molecule has 6 N–H and O–H groups in total. The van der Waals surface area contributed by atoms with Gasteiger partial charge < -0.3 is 30.5 Å². The van der Waals surface area contributed by atoms with Gasteiger partial charge >= 0.3 is 11.7 Å². The van der Waals surface area contributed by atoms with E-state index >= 15 is 0 Å². The largest absolute Gasteiger partial charge is 0.490 e. The molecule has 0 aliphatic rings. The van der Waals surface area contributed by atoms with Gasteiger partial charge in [0.15, 0.2) is 23.4 Å². The van der Waals surface area contributed by atoms with E-state index in [2.05, 4.69) is 15.4 Å². The quantitative estimate of drug-likeness (QED) is 0.123. The minimum absolute atomic E-state index is 0.0813. The van der Waals surface area contributed by atoms with E-state index in [1.165, 1.54) is 17.0 Å². The Morgan fingerprint density at radius 3 is 2.44 bits per heavy atom. The second-order valence-corrected chi connectivity index (χ2v) is 9.75. The lowest BCUT2D eigenvalue weighted by Crippen LogP contribution is -2.35. The lowest BCUT2D eigenvalue weighted by atomic mass is 10.0. The van der Waals surface area contributed by atoms with Gasteiger partial charge in [-0.3, -0.25) is 15.2 Å². The number of hydrogen-bond acceptors (Lipinski definition) is 8. The third kappa shape index (κ3) is 6.84. The number of carboxylic acids is 1. The molecule has 0 saturated carbocycles. The predicted molar refractivity (Wildman–Crippen MR) is 160 cm³/mol. The van der Waals surface area contributed by atoms with Gasteiger partial charge in [0.05, 0.1) is 17.9 Å². The molecule has 0 spiro atoms. The number of anilines is 1. The molecule has 2 unspecified atom stereocenters. The first kappa shape index (κ1) is 30.4. The summed E-state index contributed by atoms with van der Waals surface area (Å²) in [6, 6.07) is 17.2. The lowest BCUT2D eigenvalue weighted by Gasteiger charge is -2.22. The second-order valence-electron chi connectivity index (χ2n) is 9.75. The number of carbonyl (C=O) groups is 2. The summed E-state index contributed by atoms with van der Waals surface area (Å²) in [5, 5.41) is 25.1. The van der Waals surface area contributed by atoms with Crippen LogP contribution in [0.2, 0.25) is 0 Å². The predicted octanol–water partition coefficient (Wildman–Crippen LogP) is 3.00. The Morgan fingerprint density at radius 2 is 1.81 bits per heavy atom. The Balaban J connectivity index is 1.80. The third-order valence-corrected chi connectivity index (χ3v) is 6.47. The van der Waals surface area contributed by atoms with Crippen LogP contribution in [0.5, 0.6) is 11.5 Å². The first-order valence-electron chi connectivity index (χ1n) is 13.4. The van der Waals surface area contributed by atoms with Gasteiger partial charge in [-0.2, -0.15) is 4.68 Å². The fraction of sp³-hybridized carbons (Fsp3) is 0.233. The summed E-state index contributed by atoms with van der Waals surface area (Å²) in [5.41, 5.74) is 6.76. The van der Waals surface area contributed by atoms with Gasteiger partial charge in [0.1, 0.15) is 11.9 Å². The van der Waals surface area contributed by atoms with Crippen molar-refractivity contribution < 1.29 is 24.2 Å². The van der Waals surface area contributed by atoms with Gasteiger partial charge in [-0.05, 0) is 67.9 Å². The number of amides is 1. The molecule has 0 radical (unpaired) electrons. The molecule has 13 nitrogen and oxygen atoms in total. The van der Waals surface area contributed by atoms with Gasteiger partial charge in [-0.15, -0.1) is 5.10 Å². The van der Waals surface area contributed by atoms with Crippen molar-refractivity contribution in [2.24, 2.45) is 5.73 Å². The summed E-state index contributed by atoms with van der Waals surface area (Å²) < 4.78 is 12.8. The van der Waals surface area contributed by atoms with Crippen LogP contribution in [-0.2, 0) is 4.79 Å². The number of aromatic carboxylic acids is 1. The van der Waals surface area contributed by atoms with Crippen LogP contribution >= 0.6 is 0 Å². The van der Waals surface area contributed by atoms with E-state index in [1.54, 1.807) is 75.6 Å². The topological polar surface area (TPSA) is 189 Å². The van der Waals surface area contributed by atoms with Crippen LogP contribution < -0.4 is 26.2 Å². The van der Waals surface area contributed by atoms with E-state index in [0.717, 1.165) is 4.68 Å². The zero-order valence-corrected chi connectivity index (χ0v) is 24.1. The number of carbonyl (C=O) groups excluding carboxylic acids is 1. The first-order valence-corrected chi connectivity index (χ1v) is 13.4. The highest BCUT2D eigenvalue weighted by Gasteiger charge is 2.25. The van der Waals surface area contributed by atoms with Crippen LogP contribution in [0.3, 0.4) is 0 Å². The molecule has 1 aromatic heterocycles. The van der Waals surface area contributed by atoms with E-state index in [-0.39, 0.29) is 28.8 Å². The van der Waals surface area contributed by atoms with Crippen LogP contribution in [-0.4, -0.2) is 69.3 Å². The molecule has 43 heavy (non-hydrogen) atoms. The SMILES string of the molecule is CCOc1cc(C(Nc2ccc(C(=N)N)cc2)c2nn(-c3ccccc3C(=O)O)c(=O)[nH]2)ccc1OC(C)C(=O)N(C)C. The number of hydrogen-bond donors (Lipinski definition) is 5. The summed E-state index contributed by atoms with van der Waals surface area (Å²) >= 11 is 0. The van der Waals surface area contributed by atoms with Crippen molar-refractivity contribution in [2.45, 2.75) is 26.0 Å². The Kier molecular flexibility index (Phi) is 9.14. The summed E-state index contributed by atoms with van der Waals surface area (Å²) in [5.74, 6) is -0.589. The molecule has 0 aliphatic carbocycles. The maximum atomic E-state index is 13.1. The fourth-order valence-electron chi connectivity index (χ4n) is 4.37. The average Bonchev–Trinajstić information content (AvgIpc) is 3.37. The number of likely N-dealkylation sites (N-methyl/N-ethyl adjacent to an activating group) is 1. The molecule has 13 heteroatoms. The number of nitrogen functional groups attached to an aromatic ring is 1. The third-order valence-electron chi connectivity index (χ3n) is 6.47. The highest BCUT2D eigenvalue weighted by molar-refractivity contribution is 5.95. The van der Waals surface area contributed by atoms with E-state index in [9.17, 15) is 19.5 Å². The Hall–Kier alpha value is -5.59. The molecule has 4 aromatic rings. The number of nitrogens with zero attached hydrogens (tertiary/aromatic N) is 3. The molecule has 0 bridgehead atoms. The van der Waals surface area contributed by atoms with Crippen LogP contribution in [0.1, 0.15) is 47.2 Å². The molecular weight excluding hydrogens is 554 g/mol. The molecule has 0 saturated heterocycles. The van der Waals surface area contributed by atoms with Crippen LogP contribution in [0.25, 0.3) is 5.69 Å². The Bertz CT molecular complexity index is 1690. The van der Waals surface area contributed by atoms with Crippen molar-refractivity contribution in [3.05, 3.63) is 99.7 Å². The standard InChI is InChI=1S/C30H33N7O6/c1-5-42-24-16-19(12-15-23(24)43-17(2)28(38)36(3)4)25(33-20-13-10-18(11-14-20)26(31)32)27-34-30(41)37(35-27)22-9-7-6-8-21(22)29(39)40/h6-17,25,33H,5H2,1-4H3,(H3,31,32)(H,39,40)(H,34,35,41). The molecule has 0 aliphatic heterocycles. The van der Waals surface area contributed by atoms with Crippen molar-refractivity contribution in [1.29, 1.82) is 5.41 Å². The Labute approximate surface area is 247 Å². The highest BCUT2D eigenvalue weighted by atomic mass is 16.5. The van der Waals surface area contributed by atoms with Gasteiger partial charge in [-0.25, -0.2) is 9.59 Å². The molecule has 1 heterocycles. The van der Waals surface area contributed by atoms with Crippen LogP contribution in [0.4, 0.5) is 5.69 Å². The highest BCUT2D eigenvalue weighted by Crippen LogP contribution is 2.34. The fourth-order valence-corrected chi connectivity index (χ4v) is 4.37. The number of ether oxygens (including phenoxy) is 2. The monoisotopic (exact) mass is 587 g/mol. The molecule has 0 fully saturated rings. The number of aromatic amines is 1. The van der Waals surface area contributed by atoms with Crippen LogP contribution in [0, 0.1) is 5.41 Å². The zero-order chi connectivity index (χ0) is 31.3. The number of nitrogens with two attached hydrogens (primary N) is 1. The number of aromatic nitrogens is 3. The summed E-state index contributed by atoms with van der Waals surface area (Å²) in [4.78, 5) is 41.5. The lowest BCUT2D eigenvalue weighted by molar-refractivity contribution is -0.135. The van der Waals surface area contributed by atoms with Gasteiger partial charge in [0.2, 0.25) is 0 Å². The summed E-state index contributed by atoms with van der Waals surface area (Å²) in [7, 11) is 3.28. The minimum atomic E-state index is -1.20. The van der Waals surface area contributed by atoms with Crippen molar-refractivity contribution in [3.63, 3.8) is 0 Å². The maximum absolute atomic E-state index is 13.1. The maximum Gasteiger partial charge on any atom is 0.348 e.